The molecule has 0 fully saturated rings. The average molecular weight is 465 g/mol. The molecule has 0 aliphatic carbocycles. The number of hydrogen-bond donors (Lipinski definition) is 3. The fourth-order valence-electron chi connectivity index (χ4n) is 3.25. The number of aromatic nitrogens is 3. The molecule has 4 rings (SSSR count). The van der Waals surface area contributed by atoms with Gasteiger partial charge < -0.3 is 25.7 Å². The van der Waals surface area contributed by atoms with Gasteiger partial charge in [0.15, 0.2) is 0 Å². The summed E-state index contributed by atoms with van der Waals surface area (Å²) in [6.07, 6.45) is 1.55. The van der Waals surface area contributed by atoms with Crippen LogP contribution in [0.3, 0.4) is 0 Å². The highest BCUT2D eigenvalue weighted by molar-refractivity contribution is 6.30. The number of primary amides is 1. The quantitative estimate of drug-likeness (QED) is 0.349. The van der Waals surface area contributed by atoms with E-state index in [9.17, 15) is 4.79 Å². The largest absolute Gasteiger partial charge is 0.439 e. The molecule has 9 heteroatoms. The highest BCUT2D eigenvalue weighted by Crippen LogP contribution is 2.25. The summed E-state index contributed by atoms with van der Waals surface area (Å²) < 4.78 is 7.70. The van der Waals surface area contributed by atoms with Gasteiger partial charge in [-0.2, -0.15) is 0 Å². The van der Waals surface area contributed by atoms with E-state index in [1.54, 1.807) is 32.2 Å². The molecule has 0 aliphatic rings. The van der Waals surface area contributed by atoms with Crippen LogP contribution in [0.15, 0.2) is 60.8 Å². The van der Waals surface area contributed by atoms with E-state index in [0.717, 1.165) is 28.2 Å². The Bertz CT molecular complexity index is 1280. The molecule has 1 amide bonds. The predicted octanol–water partition coefficient (Wildman–Crippen LogP) is 4.70. The summed E-state index contributed by atoms with van der Waals surface area (Å²) in [5, 5.41) is 7.10. The van der Waals surface area contributed by atoms with E-state index >= 15 is 0 Å². The molecule has 0 saturated carbocycles. The third-order valence-corrected chi connectivity index (χ3v) is 5.47. The van der Waals surface area contributed by atoms with Crippen LogP contribution in [0.4, 0.5) is 11.6 Å². The molecule has 4 aromatic rings. The van der Waals surface area contributed by atoms with E-state index in [4.69, 9.17) is 22.1 Å². The molecule has 4 N–H and O–H groups in total. The first-order valence-corrected chi connectivity index (χ1v) is 10.8. The Morgan fingerprint density at radius 1 is 1.15 bits per heavy atom. The lowest BCUT2D eigenvalue weighted by atomic mass is 10.0. The number of anilines is 2. The average Bonchev–Trinajstić information content (AvgIpc) is 3.09. The minimum absolute atomic E-state index is 0.421. The van der Waals surface area contributed by atoms with Gasteiger partial charge in [0.1, 0.15) is 11.3 Å². The fraction of sp³-hybridized carbons (Fsp3) is 0.208. The number of nitrogens with zero attached hydrogens (tertiary/aromatic N) is 3. The summed E-state index contributed by atoms with van der Waals surface area (Å²) in [7, 11) is 1.94. The van der Waals surface area contributed by atoms with Gasteiger partial charge in [0, 0.05) is 31.5 Å². The fourth-order valence-corrected chi connectivity index (χ4v) is 3.36. The van der Waals surface area contributed by atoms with Gasteiger partial charge in [0.2, 0.25) is 17.7 Å². The number of halogens is 1. The standard InChI is InChI=1S/C24H25ClN6O2/c1-24(2,22(26)32)30-17-7-10-19-20(12-17)31(3)23(29-19)28-13-15-4-8-18(9-5-15)33-21-11-6-16(25)14-27-21/h4-12,14,30H,13H2,1-3H3,(H2,26,32)(H,28,29). The topological polar surface area (TPSA) is 107 Å². The SMILES string of the molecule is Cn1c(NCc2ccc(Oc3ccc(Cl)cn3)cc2)nc2ccc(NC(C)(C)C(N)=O)cc21. The zero-order valence-corrected chi connectivity index (χ0v) is 19.3. The van der Waals surface area contributed by atoms with Crippen LogP contribution < -0.4 is 21.1 Å². The normalized spacial score (nSPS) is 11.4. The van der Waals surface area contributed by atoms with Crippen LogP contribution in [-0.4, -0.2) is 26.0 Å². The van der Waals surface area contributed by atoms with Gasteiger partial charge in [-0.05, 0) is 55.8 Å². The van der Waals surface area contributed by atoms with E-state index in [1.807, 2.05) is 54.1 Å². The van der Waals surface area contributed by atoms with Crippen LogP contribution in [0.2, 0.25) is 5.02 Å². The Hall–Kier alpha value is -3.78. The van der Waals surface area contributed by atoms with Gasteiger partial charge in [-0.3, -0.25) is 4.79 Å². The second-order valence-corrected chi connectivity index (χ2v) is 8.66. The van der Waals surface area contributed by atoms with E-state index in [2.05, 4.69) is 20.6 Å². The van der Waals surface area contributed by atoms with Crippen LogP contribution in [0.1, 0.15) is 19.4 Å². The van der Waals surface area contributed by atoms with E-state index in [0.29, 0.717) is 23.2 Å². The summed E-state index contributed by atoms with van der Waals surface area (Å²) in [6.45, 7) is 4.09. The van der Waals surface area contributed by atoms with Crippen molar-refractivity contribution >= 4 is 40.2 Å². The van der Waals surface area contributed by atoms with Crippen molar-refractivity contribution in [2.24, 2.45) is 12.8 Å². The number of carbonyl (C=O) groups is 1. The van der Waals surface area contributed by atoms with Crippen molar-refractivity contribution in [2.75, 3.05) is 10.6 Å². The van der Waals surface area contributed by atoms with Crippen molar-refractivity contribution in [3.63, 3.8) is 0 Å². The molecule has 2 aromatic heterocycles. The maximum absolute atomic E-state index is 11.6. The van der Waals surface area contributed by atoms with E-state index in [-0.39, 0.29) is 0 Å². The number of benzene rings is 2. The molecule has 0 aliphatic heterocycles. The van der Waals surface area contributed by atoms with Crippen molar-refractivity contribution in [3.05, 3.63) is 71.4 Å². The van der Waals surface area contributed by atoms with Gasteiger partial charge >= 0.3 is 0 Å². The number of pyridine rings is 1. The highest BCUT2D eigenvalue weighted by atomic mass is 35.5. The minimum Gasteiger partial charge on any atom is -0.439 e. The Morgan fingerprint density at radius 2 is 1.91 bits per heavy atom. The zero-order chi connectivity index (χ0) is 23.6. The van der Waals surface area contributed by atoms with Gasteiger partial charge in [0.05, 0.1) is 16.1 Å². The van der Waals surface area contributed by atoms with Crippen molar-refractivity contribution in [2.45, 2.75) is 25.9 Å². The smallest absolute Gasteiger partial charge is 0.242 e. The highest BCUT2D eigenvalue weighted by Gasteiger charge is 2.24. The van der Waals surface area contributed by atoms with E-state index < -0.39 is 11.4 Å². The lowest BCUT2D eigenvalue weighted by Gasteiger charge is -2.23. The first kappa shape index (κ1) is 22.4. The van der Waals surface area contributed by atoms with Crippen molar-refractivity contribution < 1.29 is 9.53 Å². The molecule has 2 aromatic carbocycles. The number of aryl methyl sites for hydroxylation is 1. The molecular formula is C24H25ClN6O2. The summed E-state index contributed by atoms with van der Waals surface area (Å²) in [6, 6.07) is 16.9. The second-order valence-electron chi connectivity index (χ2n) is 8.23. The van der Waals surface area contributed by atoms with Crippen molar-refractivity contribution in [1.29, 1.82) is 0 Å². The number of rotatable bonds is 8. The van der Waals surface area contributed by atoms with Crippen LogP contribution in [0.25, 0.3) is 11.0 Å². The number of fused-ring (bicyclic) bond motifs is 1. The van der Waals surface area contributed by atoms with Crippen molar-refractivity contribution in [1.82, 2.24) is 14.5 Å². The molecule has 33 heavy (non-hydrogen) atoms. The number of ether oxygens (including phenoxy) is 1. The molecule has 0 bridgehead atoms. The Balaban J connectivity index is 1.43. The number of imidazole rings is 1. The number of hydrogen-bond acceptors (Lipinski definition) is 6. The lowest BCUT2D eigenvalue weighted by Crippen LogP contribution is -2.44. The summed E-state index contributed by atoms with van der Waals surface area (Å²) in [5.41, 5.74) is 8.27. The maximum Gasteiger partial charge on any atom is 0.242 e. The third-order valence-electron chi connectivity index (χ3n) is 5.25. The predicted molar refractivity (Wildman–Crippen MR) is 131 cm³/mol. The summed E-state index contributed by atoms with van der Waals surface area (Å²) in [5.74, 6) is 1.49. The molecular weight excluding hydrogens is 440 g/mol. The van der Waals surface area contributed by atoms with E-state index in [1.165, 1.54) is 0 Å². The monoisotopic (exact) mass is 464 g/mol. The van der Waals surface area contributed by atoms with Crippen LogP contribution in [-0.2, 0) is 18.4 Å². The summed E-state index contributed by atoms with van der Waals surface area (Å²) in [4.78, 5) is 20.4. The molecule has 0 saturated heterocycles. The van der Waals surface area contributed by atoms with Crippen LogP contribution >= 0.6 is 11.6 Å². The summed E-state index contributed by atoms with van der Waals surface area (Å²) >= 11 is 5.85. The maximum atomic E-state index is 11.6. The van der Waals surface area contributed by atoms with Gasteiger partial charge in [-0.1, -0.05) is 23.7 Å². The second kappa shape index (κ2) is 8.99. The lowest BCUT2D eigenvalue weighted by molar-refractivity contribution is -0.121. The molecule has 2 heterocycles. The first-order valence-electron chi connectivity index (χ1n) is 10.4. The molecule has 0 unspecified atom stereocenters. The molecule has 0 spiro atoms. The first-order chi connectivity index (χ1) is 15.7. The number of amides is 1. The van der Waals surface area contributed by atoms with Gasteiger partial charge in [-0.15, -0.1) is 0 Å². The number of nitrogens with two attached hydrogens (primary N) is 1. The molecule has 0 atom stereocenters. The Morgan fingerprint density at radius 3 is 2.58 bits per heavy atom. The van der Waals surface area contributed by atoms with Crippen molar-refractivity contribution in [3.8, 4) is 11.6 Å². The number of carbonyl (C=O) groups excluding carboxylic acids is 1. The Kier molecular flexibility index (Phi) is 6.11. The molecule has 0 radical (unpaired) electrons. The molecule has 8 nitrogen and oxygen atoms in total. The van der Waals surface area contributed by atoms with Gasteiger partial charge in [0.25, 0.3) is 0 Å². The van der Waals surface area contributed by atoms with Crippen LogP contribution in [0, 0.1) is 0 Å². The van der Waals surface area contributed by atoms with Gasteiger partial charge in [-0.25, -0.2) is 9.97 Å². The molecule has 170 valence electrons. The van der Waals surface area contributed by atoms with Crippen LogP contribution in [0.5, 0.6) is 11.6 Å². The minimum atomic E-state index is -0.854. The third kappa shape index (κ3) is 5.18. The Labute approximate surface area is 196 Å². The zero-order valence-electron chi connectivity index (χ0n) is 18.6. The number of nitrogens with one attached hydrogen (secondary N) is 2.